The average molecular weight is 424 g/mol. The fraction of sp³-hybridized carbons (Fsp3) is 0.227. The fourth-order valence-corrected chi connectivity index (χ4v) is 3.96. The lowest BCUT2D eigenvalue weighted by Crippen LogP contribution is -2.31. The van der Waals surface area contributed by atoms with E-state index in [1.54, 1.807) is 54.9 Å². The van der Waals surface area contributed by atoms with Gasteiger partial charge in [0, 0.05) is 11.3 Å². The van der Waals surface area contributed by atoms with Crippen LogP contribution in [0.4, 0.5) is 0 Å². The van der Waals surface area contributed by atoms with Gasteiger partial charge in [-0.2, -0.15) is 5.10 Å². The van der Waals surface area contributed by atoms with E-state index >= 15 is 0 Å². The zero-order chi connectivity index (χ0) is 20.9. The zero-order valence-corrected chi connectivity index (χ0v) is 17.1. The second kappa shape index (κ2) is 8.96. The standard InChI is InChI=1S/C22H20N2O5S/c1-2-27-22(26)15-7-9-16(10-8-15)29-14-21(25)24-18(20-6-4-12-30-20)13-17(23-24)19-5-3-11-28-19/h3-12,18H,2,13-14H2,1H3/t18-/m1/s1. The van der Waals surface area contributed by atoms with E-state index in [4.69, 9.17) is 13.9 Å². The number of nitrogens with zero attached hydrogens (tertiary/aromatic N) is 2. The Hall–Kier alpha value is -3.39. The third-order valence-corrected chi connectivity index (χ3v) is 5.54. The van der Waals surface area contributed by atoms with Crippen LogP contribution in [0.15, 0.2) is 69.7 Å². The number of thiophene rings is 1. The molecule has 0 fully saturated rings. The molecule has 0 aliphatic carbocycles. The van der Waals surface area contributed by atoms with Gasteiger partial charge in [-0.05, 0) is 54.8 Å². The number of rotatable bonds is 7. The van der Waals surface area contributed by atoms with Gasteiger partial charge < -0.3 is 13.9 Å². The number of hydrogen-bond donors (Lipinski definition) is 0. The van der Waals surface area contributed by atoms with Crippen molar-refractivity contribution in [2.45, 2.75) is 19.4 Å². The highest BCUT2D eigenvalue weighted by molar-refractivity contribution is 7.10. The van der Waals surface area contributed by atoms with Gasteiger partial charge in [-0.1, -0.05) is 6.07 Å². The first kappa shape index (κ1) is 19.9. The smallest absolute Gasteiger partial charge is 0.338 e. The summed E-state index contributed by atoms with van der Waals surface area (Å²) in [6.07, 6.45) is 2.17. The van der Waals surface area contributed by atoms with E-state index in [2.05, 4.69) is 5.10 Å². The highest BCUT2D eigenvalue weighted by Crippen LogP contribution is 2.35. The Balaban J connectivity index is 1.44. The van der Waals surface area contributed by atoms with Gasteiger partial charge in [-0.25, -0.2) is 9.80 Å². The second-order valence-electron chi connectivity index (χ2n) is 6.53. The molecule has 3 aromatic rings. The molecule has 8 heteroatoms. The molecular weight excluding hydrogens is 404 g/mol. The summed E-state index contributed by atoms with van der Waals surface area (Å²) in [5.74, 6) is 0.487. The lowest BCUT2D eigenvalue weighted by atomic mass is 10.1. The number of carbonyl (C=O) groups is 2. The average Bonchev–Trinajstić information content (AvgIpc) is 3.53. The summed E-state index contributed by atoms with van der Waals surface area (Å²) in [5, 5.41) is 7.96. The van der Waals surface area contributed by atoms with Crippen LogP contribution in [-0.4, -0.2) is 35.8 Å². The molecule has 1 aliphatic heterocycles. The highest BCUT2D eigenvalue weighted by Gasteiger charge is 2.34. The van der Waals surface area contributed by atoms with Gasteiger partial charge in [0.1, 0.15) is 17.2 Å². The van der Waals surface area contributed by atoms with Gasteiger partial charge >= 0.3 is 5.97 Å². The van der Waals surface area contributed by atoms with Gasteiger partial charge in [0.15, 0.2) is 6.61 Å². The quantitative estimate of drug-likeness (QED) is 0.529. The van der Waals surface area contributed by atoms with Crippen molar-refractivity contribution in [1.82, 2.24) is 5.01 Å². The van der Waals surface area contributed by atoms with E-state index in [1.807, 2.05) is 23.6 Å². The number of hydrogen-bond acceptors (Lipinski definition) is 7. The van der Waals surface area contributed by atoms with Crippen molar-refractivity contribution >= 4 is 28.9 Å². The maximum Gasteiger partial charge on any atom is 0.338 e. The number of furan rings is 1. The van der Waals surface area contributed by atoms with E-state index in [9.17, 15) is 9.59 Å². The maximum atomic E-state index is 12.9. The molecular formula is C22H20N2O5S. The Morgan fingerprint density at radius 2 is 2.03 bits per heavy atom. The molecule has 0 spiro atoms. The molecule has 0 saturated carbocycles. The summed E-state index contributed by atoms with van der Waals surface area (Å²) >= 11 is 1.58. The maximum absolute atomic E-state index is 12.9. The Morgan fingerprint density at radius 3 is 2.70 bits per heavy atom. The number of carbonyl (C=O) groups excluding carboxylic acids is 2. The van der Waals surface area contributed by atoms with Crippen LogP contribution in [0, 0.1) is 0 Å². The summed E-state index contributed by atoms with van der Waals surface area (Å²) < 4.78 is 16.0. The largest absolute Gasteiger partial charge is 0.484 e. The topological polar surface area (TPSA) is 81.3 Å². The summed E-state index contributed by atoms with van der Waals surface area (Å²) in [6, 6.07) is 13.9. The van der Waals surface area contributed by atoms with Gasteiger partial charge in [0.25, 0.3) is 5.91 Å². The van der Waals surface area contributed by atoms with Crippen molar-refractivity contribution in [3.8, 4) is 5.75 Å². The molecule has 0 bridgehead atoms. The first-order valence-electron chi connectivity index (χ1n) is 9.52. The molecule has 3 heterocycles. The highest BCUT2D eigenvalue weighted by atomic mass is 32.1. The van der Waals surface area contributed by atoms with Crippen LogP contribution in [0.3, 0.4) is 0 Å². The predicted octanol–water partition coefficient (Wildman–Crippen LogP) is 4.27. The molecule has 0 unspecified atom stereocenters. The normalized spacial score (nSPS) is 15.7. The fourth-order valence-electron chi connectivity index (χ4n) is 3.15. The predicted molar refractivity (Wildman–Crippen MR) is 112 cm³/mol. The van der Waals surface area contributed by atoms with Crippen LogP contribution < -0.4 is 4.74 Å². The van der Waals surface area contributed by atoms with Crippen LogP contribution >= 0.6 is 11.3 Å². The van der Waals surface area contributed by atoms with Crippen molar-refractivity contribution in [2.75, 3.05) is 13.2 Å². The lowest BCUT2D eigenvalue weighted by Gasteiger charge is -2.20. The van der Waals surface area contributed by atoms with E-state index in [1.165, 1.54) is 5.01 Å². The molecule has 0 radical (unpaired) electrons. The molecule has 2 aromatic heterocycles. The van der Waals surface area contributed by atoms with Gasteiger partial charge in [-0.15, -0.1) is 11.3 Å². The first-order chi connectivity index (χ1) is 14.7. The second-order valence-corrected chi connectivity index (χ2v) is 7.51. The van der Waals surface area contributed by atoms with Crippen LogP contribution in [0.25, 0.3) is 0 Å². The third-order valence-electron chi connectivity index (χ3n) is 4.57. The Kier molecular flexibility index (Phi) is 5.94. The van der Waals surface area contributed by atoms with Gasteiger partial charge in [-0.3, -0.25) is 4.79 Å². The molecule has 30 heavy (non-hydrogen) atoms. The minimum absolute atomic E-state index is 0.171. The van der Waals surface area contributed by atoms with Crippen LogP contribution in [0.2, 0.25) is 0 Å². The van der Waals surface area contributed by atoms with E-state index in [0.717, 1.165) is 10.6 Å². The minimum Gasteiger partial charge on any atom is -0.484 e. The van der Waals surface area contributed by atoms with E-state index in [-0.39, 0.29) is 18.6 Å². The molecule has 0 saturated heterocycles. The van der Waals surface area contributed by atoms with Crippen LogP contribution in [0.1, 0.15) is 40.4 Å². The molecule has 1 aliphatic rings. The summed E-state index contributed by atoms with van der Waals surface area (Å²) in [5.41, 5.74) is 1.16. The zero-order valence-electron chi connectivity index (χ0n) is 16.3. The van der Waals surface area contributed by atoms with E-state index < -0.39 is 5.97 Å². The number of amides is 1. The summed E-state index contributed by atoms with van der Waals surface area (Å²) in [6.45, 7) is 1.89. The van der Waals surface area contributed by atoms with Crippen LogP contribution in [-0.2, 0) is 9.53 Å². The Bertz CT molecular complexity index is 1030. The molecule has 1 atom stereocenters. The lowest BCUT2D eigenvalue weighted by molar-refractivity contribution is -0.135. The third kappa shape index (κ3) is 4.28. The van der Waals surface area contributed by atoms with Crippen molar-refractivity contribution in [2.24, 2.45) is 5.10 Å². The molecule has 1 aromatic carbocycles. The first-order valence-corrected chi connectivity index (χ1v) is 10.4. The minimum atomic E-state index is -0.393. The molecule has 154 valence electrons. The number of benzene rings is 1. The summed E-state index contributed by atoms with van der Waals surface area (Å²) in [7, 11) is 0. The monoisotopic (exact) mass is 424 g/mol. The van der Waals surface area contributed by atoms with Crippen molar-refractivity contribution in [3.05, 3.63) is 76.4 Å². The molecule has 4 rings (SSSR count). The molecule has 1 amide bonds. The van der Waals surface area contributed by atoms with Crippen molar-refractivity contribution < 1.29 is 23.5 Å². The Morgan fingerprint density at radius 1 is 1.20 bits per heavy atom. The van der Waals surface area contributed by atoms with Gasteiger partial charge in [0.2, 0.25) is 0 Å². The summed E-state index contributed by atoms with van der Waals surface area (Å²) in [4.78, 5) is 25.7. The van der Waals surface area contributed by atoms with Crippen LogP contribution in [0.5, 0.6) is 5.75 Å². The van der Waals surface area contributed by atoms with E-state index in [0.29, 0.717) is 30.1 Å². The van der Waals surface area contributed by atoms with Crippen molar-refractivity contribution in [3.63, 3.8) is 0 Å². The number of hydrazone groups is 1. The molecule has 7 nitrogen and oxygen atoms in total. The molecule has 0 N–H and O–H groups in total. The SMILES string of the molecule is CCOC(=O)c1ccc(OCC(=O)N2N=C(c3ccco3)C[C@@H]2c2cccs2)cc1. The number of esters is 1. The number of ether oxygens (including phenoxy) is 2. The van der Waals surface area contributed by atoms with Gasteiger partial charge in [0.05, 0.1) is 24.5 Å². The van der Waals surface area contributed by atoms with Crippen molar-refractivity contribution in [1.29, 1.82) is 0 Å². The Labute approximate surface area is 177 Å².